The summed E-state index contributed by atoms with van der Waals surface area (Å²) in [5, 5.41) is 3.36. The molecule has 2 rings (SSSR count). The van der Waals surface area contributed by atoms with Crippen LogP contribution in [0.25, 0.3) is 0 Å². The van der Waals surface area contributed by atoms with Gasteiger partial charge in [0, 0.05) is 18.2 Å². The van der Waals surface area contributed by atoms with Gasteiger partial charge in [0.05, 0.1) is 0 Å². The van der Waals surface area contributed by atoms with Gasteiger partial charge in [0.15, 0.2) is 0 Å². The molecule has 1 aromatic rings. The molecule has 0 aliphatic carbocycles. The predicted molar refractivity (Wildman–Crippen MR) is 79.5 cm³/mol. The average Bonchev–Trinajstić information content (AvgIpc) is 2.43. The molecule has 0 radical (unpaired) electrons. The molecule has 0 spiro atoms. The van der Waals surface area contributed by atoms with Crippen LogP contribution in [0.4, 0.5) is 5.69 Å². The Labute approximate surface area is 116 Å². The van der Waals surface area contributed by atoms with Gasteiger partial charge in [-0.2, -0.15) is 0 Å². The molecule has 0 bridgehead atoms. The van der Waals surface area contributed by atoms with Gasteiger partial charge in [-0.3, -0.25) is 4.79 Å². The molecular weight excluding hydrogens is 236 g/mol. The molecule has 1 fully saturated rings. The number of rotatable bonds is 4. The van der Waals surface area contributed by atoms with Crippen molar-refractivity contribution in [2.24, 2.45) is 0 Å². The van der Waals surface area contributed by atoms with Crippen LogP contribution in [-0.4, -0.2) is 25.0 Å². The first-order valence-corrected chi connectivity index (χ1v) is 7.32. The summed E-state index contributed by atoms with van der Waals surface area (Å²) in [5.41, 5.74) is 2.29. The van der Waals surface area contributed by atoms with E-state index in [9.17, 15) is 4.79 Å². The number of piperidine rings is 1. The molecule has 0 atom stereocenters. The van der Waals surface area contributed by atoms with Gasteiger partial charge >= 0.3 is 0 Å². The first kappa shape index (κ1) is 14.1. The van der Waals surface area contributed by atoms with Gasteiger partial charge in [-0.15, -0.1) is 0 Å². The zero-order chi connectivity index (χ0) is 13.7. The number of carbonyl (C=O) groups excluding carboxylic acids is 1. The number of amides is 1. The number of hydrogen-bond acceptors (Lipinski definition) is 2. The highest BCUT2D eigenvalue weighted by molar-refractivity contribution is 5.94. The normalized spacial score (nSPS) is 16.3. The zero-order valence-corrected chi connectivity index (χ0v) is 12.0. The summed E-state index contributed by atoms with van der Waals surface area (Å²) in [5.74, 6) is 0.262. The Hall–Kier alpha value is -1.35. The fourth-order valence-corrected chi connectivity index (χ4v) is 2.66. The second-order valence-electron chi connectivity index (χ2n) is 5.33. The van der Waals surface area contributed by atoms with Crippen molar-refractivity contribution >= 4 is 11.6 Å². The quantitative estimate of drug-likeness (QED) is 0.903. The molecule has 1 amide bonds. The van der Waals surface area contributed by atoms with E-state index in [-0.39, 0.29) is 5.91 Å². The molecule has 1 saturated heterocycles. The Morgan fingerprint density at radius 1 is 1.26 bits per heavy atom. The summed E-state index contributed by atoms with van der Waals surface area (Å²) in [6.45, 7) is 6.15. The van der Waals surface area contributed by atoms with E-state index in [1.54, 1.807) is 0 Å². The van der Waals surface area contributed by atoms with Gasteiger partial charge < -0.3 is 10.2 Å². The van der Waals surface area contributed by atoms with Crippen molar-refractivity contribution in [3.8, 4) is 0 Å². The molecule has 1 heterocycles. The van der Waals surface area contributed by atoms with Crippen LogP contribution in [0.1, 0.15) is 38.2 Å². The fraction of sp³-hybridized carbons (Fsp3) is 0.562. The summed E-state index contributed by atoms with van der Waals surface area (Å²) < 4.78 is 0. The Morgan fingerprint density at radius 2 is 1.89 bits per heavy atom. The molecule has 3 heteroatoms. The fourth-order valence-electron chi connectivity index (χ4n) is 2.66. The lowest BCUT2D eigenvalue weighted by Crippen LogP contribution is -2.46. The molecule has 104 valence electrons. The average molecular weight is 260 g/mol. The largest absolute Gasteiger partial charge is 0.317 e. The Kier molecular flexibility index (Phi) is 4.97. The number of nitrogens with one attached hydrogen (secondary N) is 1. The lowest BCUT2D eigenvalue weighted by Gasteiger charge is -2.35. The van der Waals surface area contributed by atoms with E-state index < -0.39 is 0 Å². The first-order valence-electron chi connectivity index (χ1n) is 7.32. The van der Waals surface area contributed by atoms with E-state index in [0.717, 1.165) is 38.0 Å². The third-order valence-corrected chi connectivity index (χ3v) is 3.72. The Morgan fingerprint density at radius 3 is 2.47 bits per heavy atom. The lowest BCUT2D eigenvalue weighted by molar-refractivity contribution is -0.119. The summed E-state index contributed by atoms with van der Waals surface area (Å²) in [4.78, 5) is 14.5. The van der Waals surface area contributed by atoms with Gasteiger partial charge in [0.25, 0.3) is 0 Å². The predicted octanol–water partition coefficient (Wildman–Crippen LogP) is 2.88. The Bertz CT molecular complexity index is 407. The number of anilines is 1. The minimum absolute atomic E-state index is 0.262. The second kappa shape index (κ2) is 6.71. The highest BCUT2D eigenvalue weighted by atomic mass is 16.2. The standard InChI is InChI=1S/C16H24N2O/c1-3-4-16(19)18(15-9-11-17-12-10-15)14-7-5-13(2)6-8-14/h5-8,15,17H,3-4,9-12H2,1-2H3. The molecule has 0 saturated carbocycles. The molecule has 3 nitrogen and oxygen atoms in total. The van der Waals surface area contributed by atoms with Gasteiger partial charge in [0.1, 0.15) is 0 Å². The number of aryl methyl sites for hydroxylation is 1. The highest BCUT2D eigenvalue weighted by Crippen LogP contribution is 2.23. The van der Waals surface area contributed by atoms with Crippen LogP contribution in [0.5, 0.6) is 0 Å². The summed E-state index contributed by atoms with van der Waals surface area (Å²) >= 11 is 0. The third-order valence-electron chi connectivity index (χ3n) is 3.72. The molecule has 0 aromatic heterocycles. The van der Waals surface area contributed by atoms with Gasteiger partial charge in [-0.1, -0.05) is 24.6 Å². The topological polar surface area (TPSA) is 32.3 Å². The number of carbonyl (C=O) groups is 1. The van der Waals surface area contributed by atoms with E-state index >= 15 is 0 Å². The van der Waals surface area contributed by atoms with Crippen molar-refractivity contribution in [1.82, 2.24) is 5.32 Å². The third kappa shape index (κ3) is 3.57. The van der Waals surface area contributed by atoms with Crippen LogP contribution < -0.4 is 10.2 Å². The van der Waals surface area contributed by atoms with E-state index in [2.05, 4.69) is 43.4 Å². The first-order chi connectivity index (χ1) is 9.22. The van der Waals surface area contributed by atoms with Crippen LogP contribution in [0.2, 0.25) is 0 Å². The maximum Gasteiger partial charge on any atom is 0.227 e. The summed E-state index contributed by atoms with van der Waals surface area (Å²) in [6.07, 6.45) is 3.64. The molecule has 0 unspecified atom stereocenters. The van der Waals surface area contributed by atoms with Crippen LogP contribution >= 0.6 is 0 Å². The second-order valence-corrected chi connectivity index (χ2v) is 5.33. The van der Waals surface area contributed by atoms with E-state index in [0.29, 0.717) is 12.5 Å². The number of hydrogen-bond donors (Lipinski definition) is 1. The van der Waals surface area contributed by atoms with E-state index in [1.807, 2.05) is 4.90 Å². The SMILES string of the molecule is CCCC(=O)N(c1ccc(C)cc1)C1CCNCC1. The van der Waals surface area contributed by atoms with E-state index in [1.165, 1.54) is 5.56 Å². The monoisotopic (exact) mass is 260 g/mol. The van der Waals surface area contributed by atoms with Gasteiger partial charge in [-0.05, 0) is 51.4 Å². The molecular formula is C16H24N2O. The number of nitrogens with zero attached hydrogens (tertiary/aromatic N) is 1. The van der Waals surface area contributed by atoms with Crippen LogP contribution in [-0.2, 0) is 4.79 Å². The van der Waals surface area contributed by atoms with Crippen LogP contribution in [0, 0.1) is 6.92 Å². The smallest absolute Gasteiger partial charge is 0.227 e. The summed E-state index contributed by atoms with van der Waals surface area (Å²) in [7, 11) is 0. The van der Waals surface area contributed by atoms with Crippen molar-refractivity contribution in [2.45, 2.75) is 45.6 Å². The molecule has 1 N–H and O–H groups in total. The Balaban J connectivity index is 2.22. The molecule has 1 aliphatic rings. The van der Waals surface area contributed by atoms with Gasteiger partial charge in [-0.25, -0.2) is 0 Å². The van der Waals surface area contributed by atoms with Crippen molar-refractivity contribution < 1.29 is 4.79 Å². The summed E-state index contributed by atoms with van der Waals surface area (Å²) in [6, 6.07) is 8.67. The lowest BCUT2D eigenvalue weighted by atomic mass is 10.0. The van der Waals surface area contributed by atoms with E-state index in [4.69, 9.17) is 0 Å². The molecule has 19 heavy (non-hydrogen) atoms. The van der Waals surface area contributed by atoms with Crippen molar-refractivity contribution in [1.29, 1.82) is 0 Å². The maximum absolute atomic E-state index is 12.4. The van der Waals surface area contributed by atoms with Crippen molar-refractivity contribution in [2.75, 3.05) is 18.0 Å². The minimum Gasteiger partial charge on any atom is -0.317 e. The van der Waals surface area contributed by atoms with Crippen LogP contribution in [0.15, 0.2) is 24.3 Å². The van der Waals surface area contributed by atoms with Crippen LogP contribution in [0.3, 0.4) is 0 Å². The zero-order valence-electron chi connectivity index (χ0n) is 12.0. The van der Waals surface area contributed by atoms with Crippen molar-refractivity contribution in [3.63, 3.8) is 0 Å². The molecule has 1 aliphatic heterocycles. The highest BCUT2D eigenvalue weighted by Gasteiger charge is 2.25. The van der Waals surface area contributed by atoms with Crippen molar-refractivity contribution in [3.05, 3.63) is 29.8 Å². The maximum atomic E-state index is 12.4. The van der Waals surface area contributed by atoms with Gasteiger partial charge in [0.2, 0.25) is 5.91 Å². The number of benzene rings is 1. The molecule has 1 aromatic carbocycles. The minimum atomic E-state index is 0.262.